The Kier molecular flexibility index (Phi) is 4.38. The Morgan fingerprint density at radius 1 is 1.16 bits per heavy atom. The topological polar surface area (TPSA) is 25.8 Å². The zero-order valence-electron chi connectivity index (χ0n) is 10.6. The van der Waals surface area contributed by atoms with Crippen molar-refractivity contribution in [3.8, 4) is 11.4 Å². The third kappa shape index (κ3) is 3.64. The maximum atomic E-state index is 13.1. The van der Waals surface area contributed by atoms with Gasteiger partial charge in [-0.15, -0.1) is 0 Å². The van der Waals surface area contributed by atoms with Crippen LogP contribution in [0.3, 0.4) is 0 Å². The smallest absolute Gasteiger partial charge is 0.161 e. The first-order chi connectivity index (χ1) is 8.95. The Bertz CT molecular complexity index is 600. The number of rotatable bonds is 3. The SMILES string of the molecule is CC(C)Cc1cc(Cl)nc(-c2ccc(F)c(Cl)c2)n1. The molecule has 0 spiro atoms. The second-order valence-corrected chi connectivity index (χ2v) is 5.53. The van der Waals surface area contributed by atoms with Gasteiger partial charge >= 0.3 is 0 Å². The summed E-state index contributed by atoms with van der Waals surface area (Å²) in [6, 6.07) is 6.13. The molecule has 0 saturated heterocycles. The largest absolute Gasteiger partial charge is 0.233 e. The molecule has 2 aromatic rings. The van der Waals surface area contributed by atoms with Crippen LogP contribution < -0.4 is 0 Å². The number of nitrogens with zero attached hydrogens (tertiary/aromatic N) is 2. The van der Waals surface area contributed by atoms with E-state index in [4.69, 9.17) is 23.2 Å². The molecule has 100 valence electrons. The van der Waals surface area contributed by atoms with Crippen LogP contribution in [0.1, 0.15) is 19.5 Å². The van der Waals surface area contributed by atoms with Crippen LogP contribution >= 0.6 is 23.2 Å². The lowest BCUT2D eigenvalue weighted by atomic mass is 10.1. The van der Waals surface area contributed by atoms with Gasteiger partial charge in [-0.3, -0.25) is 0 Å². The molecular formula is C14H13Cl2FN2. The van der Waals surface area contributed by atoms with Crippen molar-refractivity contribution in [3.63, 3.8) is 0 Å². The first-order valence-corrected chi connectivity index (χ1v) is 6.70. The predicted molar refractivity (Wildman–Crippen MR) is 76.0 cm³/mol. The lowest BCUT2D eigenvalue weighted by Crippen LogP contribution is -2.00. The van der Waals surface area contributed by atoms with E-state index in [0.29, 0.717) is 22.5 Å². The quantitative estimate of drug-likeness (QED) is 0.762. The van der Waals surface area contributed by atoms with Crippen LogP contribution in [-0.4, -0.2) is 9.97 Å². The van der Waals surface area contributed by atoms with Gasteiger partial charge in [0.05, 0.1) is 5.02 Å². The summed E-state index contributed by atoms with van der Waals surface area (Å²) in [7, 11) is 0. The Morgan fingerprint density at radius 3 is 2.53 bits per heavy atom. The summed E-state index contributed by atoms with van der Waals surface area (Å²) in [6.45, 7) is 4.20. The molecule has 0 atom stereocenters. The molecule has 0 N–H and O–H groups in total. The lowest BCUT2D eigenvalue weighted by Gasteiger charge is -2.07. The molecule has 0 unspecified atom stereocenters. The zero-order chi connectivity index (χ0) is 14.0. The number of benzene rings is 1. The number of halogens is 3. The van der Waals surface area contributed by atoms with E-state index in [2.05, 4.69) is 23.8 Å². The van der Waals surface area contributed by atoms with Gasteiger partial charge in [-0.05, 0) is 36.6 Å². The summed E-state index contributed by atoms with van der Waals surface area (Å²) in [6.07, 6.45) is 0.810. The van der Waals surface area contributed by atoms with Gasteiger partial charge in [-0.2, -0.15) is 0 Å². The molecule has 0 aliphatic rings. The number of hydrogen-bond acceptors (Lipinski definition) is 2. The summed E-state index contributed by atoms with van der Waals surface area (Å²) in [5.74, 6) is 0.468. The highest BCUT2D eigenvalue weighted by molar-refractivity contribution is 6.31. The Hall–Kier alpha value is -1.19. The van der Waals surface area contributed by atoms with Crippen LogP contribution in [0.2, 0.25) is 10.2 Å². The maximum absolute atomic E-state index is 13.1. The van der Waals surface area contributed by atoms with Crippen molar-refractivity contribution in [2.45, 2.75) is 20.3 Å². The Labute approximate surface area is 121 Å². The van der Waals surface area contributed by atoms with Crippen molar-refractivity contribution in [3.05, 3.63) is 46.0 Å². The van der Waals surface area contributed by atoms with E-state index >= 15 is 0 Å². The fourth-order valence-corrected chi connectivity index (χ4v) is 2.14. The van der Waals surface area contributed by atoms with Crippen molar-refractivity contribution < 1.29 is 4.39 Å². The van der Waals surface area contributed by atoms with E-state index in [9.17, 15) is 4.39 Å². The number of hydrogen-bond donors (Lipinski definition) is 0. The molecule has 2 rings (SSSR count). The molecule has 5 heteroatoms. The average molecular weight is 299 g/mol. The average Bonchev–Trinajstić information content (AvgIpc) is 2.31. The van der Waals surface area contributed by atoms with E-state index in [1.807, 2.05) is 0 Å². The van der Waals surface area contributed by atoms with Gasteiger partial charge in [-0.25, -0.2) is 14.4 Å². The van der Waals surface area contributed by atoms with E-state index in [1.54, 1.807) is 12.1 Å². The fourth-order valence-electron chi connectivity index (χ4n) is 1.75. The molecule has 0 aliphatic carbocycles. The monoisotopic (exact) mass is 298 g/mol. The summed E-state index contributed by atoms with van der Waals surface area (Å²) in [5.41, 5.74) is 1.52. The fraction of sp³-hybridized carbons (Fsp3) is 0.286. The van der Waals surface area contributed by atoms with Gasteiger partial charge in [0.2, 0.25) is 0 Å². The molecule has 0 saturated carbocycles. The second-order valence-electron chi connectivity index (χ2n) is 4.73. The zero-order valence-corrected chi connectivity index (χ0v) is 12.1. The van der Waals surface area contributed by atoms with Crippen LogP contribution in [0.15, 0.2) is 24.3 Å². The third-order valence-electron chi connectivity index (χ3n) is 2.54. The first kappa shape index (κ1) is 14.2. The van der Waals surface area contributed by atoms with Crippen LogP contribution in [0.25, 0.3) is 11.4 Å². The molecule has 1 aromatic heterocycles. The number of aromatic nitrogens is 2. The van der Waals surface area contributed by atoms with Gasteiger partial charge in [-0.1, -0.05) is 37.0 Å². The van der Waals surface area contributed by atoms with E-state index in [0.717, 1.165) is 12.1 Å². The maximum Gasteiger partial charge on any atom is 0.161 e. The van der Waals surface area contributed by atoms with Crippen LogP contribution in [0.5, 0.6) is 0 Å². The van der Waals surface area contributed by atoms with Gasteiger partial charge in [0, 0.05) is 11.3 Å². The highest BCUT2D eigenvalue weighted by atomic mass is 35.5. The van der Waals surface area contributed by atoms with E-state index in [-0.39, 0.29) is 5.02 Å². The predicted octanol–water partition coefficient (Wildman–Crippen LogP) is 4.79. The summed E-state index contributed by atoms with van der Waals surface area (Å²) >= 11 is 11.8. The summed E-state index contributed by atoms with van der Waals surface area (Å²) in [4.78, 5) is 8.59. The summed E-state index contributed by atoms with van der Waals surface area (Å²) < 4.78 is 13.1. The van der Waals surface area contributed by atoms with Crippen LogP contribution in [0, 0.1) is 11.7 Å². The van der Waals surface area contributed by atoms with Crippen molar-refractivity contribution in [1.82, 2.24) is 9.97 Å². The molecule has 1 heterocycles. The molecular weight excluding hydrogens is 286 g/mol. The Morgan fingerprint density at radius 2 is 1.89 bits per heavy atom. The minimum Gasteiger partial charge on any atom is -0.233 e. The molecule has 0 bridgehead atoms. The van der Waals surface area contributed by atoms with Crippen molar-refractivity contribution in [2.24, 2.45) is 5.92 Å². The van der Waals surface area contributed by atoms with E-state index in [1.165, 1.54) is 12.1 Å². The summed E-state index contributed by atoms with van der Waals surface area (Å²) in [5, 5.41) is 0.424. The van der Waals surface area contributed by atoms with E-state index < -0.39 is 5.82 Å². The molecule has 19 heavy (non-hydrogen) atoms. The molecule has 0 aliphatic heterocycles. The molecule has 0 amide bonds. The first-order valence-electron chi connectivity index (χ1n) is 5.94. The minimum absolute atomic E-state index is 0.0477. The normalized spacial score (nSPS) is 11.1. The van der Waals surface area contributed by atoms with Crippen molar-refractivity contribution in [1.29, 1.82) is 0 Å². The van der Waals surface area contributed by atoms with Gasteiger partial charge < -0.3 is 0 Å². The van der Waals surface area contributed by atoms with Gasteiger partial charge in [0.25, 0.3) is 0 Å². The van der Waals surface area contributed by atoms with Crippen LogP contribution in [0.4, 0.5) is 4.39 Å². The minimum atomic E-state index is -0.463. The van der Waals surface area contributed by atoms with Gasteiger partial charge in [0.15, 0.2) is 5.82 Å². The molecule has 2 nitrogen and oxygen atoms in total. The third-order valence-corrected chi connectivity index (χ3v) is 3.03. The highest BCUT2D eigenvalue weighted by Crippen LogP contribution is 2.24. The molecule has 0 fully saturated rings. The van der Waals surface area contributed by atoms with Crippen molar-refractivity contribution in [2.75, 3.05) is 0 Å². The van der Waals surface area contributed by atoms with Gasteiger partial charge in [0.1, 0.15) is 11.0 Å². The second kappa shape index (κ2) is 5.85. The molecule has 1 aromatic carbocycles. The standard InChI is InChI=1S/C14H13Cl2FN2/c1-8(2)5-10-7-13(16)19-14(18-10)9-3-4-12(17)11(15)6-9/h3-4,6-8H,5H2,1-2H3. The lowest BCUT2D eigenvalue weighted by molar-refractivity contribution is 0.628. The van der Waals surface area contributed by atoms with Crippen molar-refractivity contribution >= 4 is 23.2 Å². The molecule has 0 radical (unpaired) electrons. The Balaban J connectivity index is 2.43. The van der Waals surface area contributed by atoms with Crippen LogP contribution in [-0.2, 0) is 6.42 Å². The highest BCUT2D eigenvalue weighted by Gasteiger charge is 2.09.